The van der Waals surface area contributed by atoms with E-state index in [0.29, 0.717) is 11.5 Å². The first kappa shape index (κ1) is 17.6. The van der Waals surface area contributed by atoms with Crippen LogP contribution in [0.25, 0.3) is 27.8 Å². The van der Waals surface area contributed by atoms with E-state index in [1.165, 1.54) is 12.8 Å². The number of fused-ring (bicyclic) bond motifs is 1. The van der Waals surface area contributed by atoms with Crippen LogP contribution in [0, 0.1) is 11.3 Å². The number of nitrogens with zero attached hydrogens (tertiary/aromatic N) is 6. The zero-order valence-corrected chi connectivity index (χ0v) is 16.2. The molecule has 4 aromatic heterocycles. The highest BCUT2D eigenvalue weighted by Crippen LogP contribution is 2.32. The molecule has 1 unspecified atom stereocenters. The summed E-state index contributed by atoms with van der Waals surface area (Å²) in [7, 11) is 1.90. The predicted molar refractivity (Wildman–Crippen MR) is 110 cm³/mol. The second-order valence-electron chi connectivity index (χ2n) is 7.52. The Balaban J connectivity index is 1.62. The average Bonchev–Trinajstić information content (AvgIpc) is 3.40. The Morgan fingerprint density at radius 1 is 1.10 bits per heavy atom. The molecule has 5 heterocycles. The van der Waals surface area contributed by atoms with Gasteiger partial charge < -0.3 is 5.32 Å². The molecule has 1 fully saturated rings. The first-order valence-corrected chi connectivity index (χ1v) is 9.80. The van der Waals surface area contributed by atoms with Crippen molar-refractivity contribution in [2.75, 3.05) is 13.1 Å². The average molecular weight is 383 g/mol. The Morgan fingerprint density at radius 3 is 2.72 bits per heavy atom. The van der Waals surface area contributed by atoms with Gasteiger partial charge in [-0.15, -0.1) is 0 Å². The minimum atomic E-state index is 0.462. The summed E-state index contributed by atoms with van der Waals surface area (Å²) in [6.45, 7) is 2.07. The lowest BCUT2D eigenvalue weighted by Gasteiger charge is -2.22. The van der Waals surface area contributed by atoms with E-state index in [1.807, 2.05) is 31.8 Å². The Labute approximate surface area is 168 Å². The highest BCUT2D eigenvalue weighted by Gasteiger charge is 2.18. The summed E-state index contributed by atoms with van der Waals surface area (Å²) >= 11 is 0. The molecule has 0 bridgehead atoms. The van der Waals surface area contributed by atoms with Gasteiger partial charge in [-0.1, -0.05) is 6.07 Å². The number of piperidine rings is 1. The third-order valence-electron chi connectivity index (χ3n) is 5.58. The molecular formula is C22H21N7. The first-order chi connectivity index (χ1) is 14.2. The van der Waals surface area contributed by atoms with E-state index < -0.39 is 0 Å². The molecule has 0 aliphatic carbocycles. The topological polar surface area (TPSA) is 83.8 Å². The lowest BCUT2D eigenvalue weighted by atomic mass is 9.94. The van der Waals surface area contributed by atoms with E-state index in [2.05, 4.69) is 39.8 Å². The predicted octanol–water partition coefficient (Wildman–Crippen LogP) is 3.14. The smallest absolute Gasteiger partial charge is 0.103 e. The first-order valence-electron chi connectivity index (χ1n) is 9.80. The Bertz CT molecular complexity index is 1200. The van der Waals surface area contributed by atoms with Gasteiger partial charge >= 0.3 is 0 Å². The van der Waals surface area contributed by atoms with Crippen molar-refractivity contribution in [3.8, 4) is 28.3 Å². The van der Waals surface area contributed by atoms with E-state index in [4.69, 9.17) is 4.98 Å². The number of aryl methyl sites for hydroxylation is 1. The molecule has 0 amide bonds. The van der Waals surface area contributed by atoms with Gasteiger partial charge in [0, 0.05) is 66.0 Å². The van der Waals surface area contributed by atoms with Crippen LogP contribution in [0.1, 0.15) is 30.0 Å². The van der Waals surface area contributed by atoms with Gasteiger partial charge in [-0.25, -0.2) is 4.52 Å². The van der Waals surface area contributed by atoms with Gasteiger partial charge in [0.05, 0.1) is 23.5 Å². The summed E-state index contributed by atoms with van der Waals surface area (Å²) in [5.74, 6) is 0.462. The van der Waals surface area contributed by atoms with E-state index in [9.17, 15) is 5.26 Å². The molecule has 5 rings (SSSR count). The van der Waals surface area contributed by atoms with Crippen LogP contribution in [0.3, 0.4) is 0 Å². The zero-order chi connectivity index (χ0) is 19.8. The van der Waals surface area contributed by atoms with E-state index in [1.54, 1.807) is 15.4 Å². The summed E-state index contributed by atoms with van der Waals surface area (Å²) < 4.78 is 3.55. The molecule has 1 atom stereocenters. The number of nitriles is 1. The maximum absolute atomic E-state index is 9.56. The van der Waals surface area contributed by atoms with Crippen molar-refractivity contribution in [3.05, 3.63) is 60.4 Å². The van der Waals surface area contributed by atoms with E-state index in [-0.39, 0.29) is 0 Å². The molecule has 1 N–H and O–H groups in total. The van der Waals surface area contributed by atoms with Crippen LogP contribution in [-0.4, -0.2) is 37.5 Å². The summed E-state index contributed by atoms with van der Waals surface area (Å²) in [4.78, 5) is 4.76. The van der Waals surface area contributed by atoms with Crippen LogP contribution in [0.4, 0.5) is 0 Å². The van der Waals surface area contributed by atoms with E-state index in [0.717, 1.165) is 46.6 Å². The fourth-order valence-corrected chi connectivity index (χ4v) is 4.06. The van der Waals surface area contributed by atoms with Gasteiger partial charge in [0.25, 0.3) is 0 Å². The van der Waals surface area contributed by atoms with Crippen molar-refractivity contribution in [3.63, 3.8) is 0 Å². The normalized spacial score (nSPS) is 16.8. The van der Waals surface area contributed by atoms with Crippen LogP contribution >= 0.6 is 0 Å². The molecule has 0 aromatic carbocycles. The molecule has 7 nitrogen and oxygen atoms in total. The molecule has 0 spiro atoms. The molecular weight excluding hydrogens is 362 g/mol. The highest BCUT2D eigenvalue weighted by molar-refractivity contribution is 5.87. The van der Waals surface area contributed by atoms with Crippen LogP contribution < -0.4 is 5.32 Å². The third-order valence-corrected chi connectivity index (χ3v) is 5.58. The van der Waals surface area contributed by atoms with Crippen LogP contribution in [0.15, 0.2) is 49.2 Å². The minimum absolute atomic E-state index is 0.462. The molecule has 0 radical (unpaired) electrons. The Hall–Kier alpha value is -3.50. The lowest BCUT2D eigenvalue weighted by molar-refractivity contribution is 0.455. The molecule has 1 aliphatic heterocycles. The highest BCUT2D eigenvalue weighted by atomic mass is 15.2. The maximum Gasteiger partial charge on any atom is 0.103 e. The fraction of sp³-hybridized carbons (Fsp3) is 0.273. The van der Waals surface area contributed by atoms with Crippen molar-refractivity contribution in [1.82, 2.24) is 29.7 Å². The van der Waals surface area contributed by atoms with Crippen molar-refractivity contribution < 1.29 is 0 Å². The zero-order valence-electron chi connectivity index (χ0n) is 16.2. The maximum atomic E-state index is 9.56. The van der Waals surface area contributed by atoms with Gasteiger partial charge in [0.1, 0.15) is 6.07 Å². The monoisotopic (exact) mass is 383 g/mol. The van der Waals surface area contributed by atoms with Gasteiger partial charge in [-0.2, -0.15) is 15.5 Å². The lowest BCUT2D eigenvalue weighted by Crippen LogP contribution is -2.28. The quantitative estimate of drug-likeness (QED) is 0.588. The fourth-order valence-electron chi connectivity index (χ4n) is 4.06. The number of aromatic nitrogens is 5. The third kappa shape index (κ3) is 3.18. The Morgan fingerprint density at radius 2 is 2.03 bits per heavy atom. The van der Waals surface area contributed by atoms with Crippen molar-refractivity contribution in [2.24, 2.45) is 7.05 Å². The number of nitrogens with one attached hydrogen (secondary N) is 1. The van der Waals surface area contributed by atoms with Gasteiger partial charge in [-0.05, 0) is 31.5 Å². The van der Waals surface area contributed by atoms with Gasteiger partial charge in [0.2, 0.25) is 0 Å². The summed E-state index contributed by atoms with van der Waals surface area (Å²) in [6.07, 6.45) is 11.6. The minimum Gasteiger partial charge on any atom is -0.316 e. The SMILES string of the molecule is Cn1cc(-c2cc(-c3ccc(C4CCCNC4)nc3)c3c(C#N)cnn3c2)cn1. The van der Waals surface area contributed by atoms with Gasteiger partial charge in [-0.3, -0.25) is 9.67 Å². The molecule has 4 aromatic rings. The second kappa shape index (κ2) is 7.15. The van der Waals surface area contributed by atoms with Crippen molar-refractivity contribution >= 4 is 5.52 Å². The standard InChI is InChI=1S/C22H21N7/c1-28-13-19(12-26-28)17-7-20(22-18(8-23)11-27-29(22)14-17)15-4-5-21(25-10-15)16-3-2-6-24-9-16/h4-5,7,10-14,16,24H,2-3,6,9H2,1H3. The van der Waals surface area contributed by atoms with E-state index >= 15 is 0 Å². The Kier molecular flexibility index (Phi) is 4.34. The van der Waals surface area contributed by atoms with Gasteiger partial charge in [0.15, 0.2) is 0 Å². The largest absolute Gasteiger partial charge is 0.316 e. The van der Waals surface area contributed by atoms with Crippen LogP contribution in [0.5, 0.6) is 0 Å². The van der Waals surface area contributed by atoms with Crippen LogP contribution in [0.2, 0.25) is 0 Å². The number of pyridine rings is 2. The van der Waals surface area contributed by atoms with Crippen LogP contribution in [-0.2, 0) is 7.05 Å². The molecule has 1 saturated heterocycles. The molecule has 7 heteroatoms. The molecule has 29 heavy (non-hydrogen) atoms. The molecule has 144 valence electrons. The number of hydrogen-bond donors (Lipinski definition) is 1. The number of rotatable bonds is 3. The molecule has 0 saturated carbocycles. The van der Waals surface area contributed by atoms with Crippen molar-refractivity contribution in [2.45, 2.75) is 18.8 Å². The summed E-state index contributed by atoms with van der Waals surface area (Å²) in [5.41, 5.74) is 6.39. The van der Waals surface area contributed by atoms with Crippen molar-refractivity contribution in [1.29, 1.82) is 5.26 Å². The summed E-state index contributed by atoms with van der Waals surface area (Å²) in [5, 5.41) is 21.7. The summed E-state index contributed by atoms with van der Waals surface area (Å²) in [6, 6.07) is 8.57. The second-order valence-corrected chi connectivity index (χ2v) is 7.52. The molecule has 1 aliphatic rings. The number of hydrogen-bond acceptors (Lipinski definition) is 5.